The van der Waals surface area contributed by atoms with E-state index in [1.165, 1.54) is 0 Å². The van der Waals surface area contributed by atoms with Gasteiger partial charge < -0.3 is 5.32 Å². The van der Waals surface area contributed by atoms with Crippen molar-refractivity contribution in [2.75, 3.05) is 32.7 Å². The van der Waals surface area contributed by atoms with Crippen LogP contribution in [0.1, 0.15) is 20.3 Å². The molecule has 1 saturated heterocycles. The summed E-state index contributed by atoms with van der Waals surface area (Å²) in [5.41, 5.74) is -1.05. The molecule has 0 radical (unpaired) electrons. The van der Waals surface area contributed by atoms with Crippen LogP contribution in [0, 0.1) is 0 Å². The molecule has 0 aromatic rings. The zero-order chi connectivity index (χ0) is 9.03. The molecule has 1 aliphatic heterocycles. The van der Waals surface area contributed by atoms with Gasteiger partial charge in [-0.1, -0.05) is 0 Å². The summed E-state index contributed by atoms with van der Waals surface area (Å²) in [4.78, 5) is 2.19. The van der Waals surface area contributed by atoms with Crippen LogP contribution in [0.15, 0.2) is 0 Å². The topological polar surface area (TPSA) is 15.3 Å². The molecule has 1 fully saturated rings. The molecule has 1 rings (SSSR count). The van der Waals surface area contributed by atoms with Crippen molar-refractivity contribution in [3.05, 3.63) is 0 Å². The predicted molar refractivity (Wildman–Crippen MR) is 49.1 cm³/mol. The fourth-order valence-electron chi connectivity index (χ4n) is 1.59. The maximum absolute atomic E-state index is 13.2. The summed E-state index contributed by atoms with van der Waals surface area (Å²) in [6, 6.07) is 0. The predicted octanol–water partition coefficient (Wildman–Crippen LogP) is 1.03. The number of nitrogens with zero attached hydrogens (tertiary/aromatic N) is 1. The Kier molecular flexibility index (Phi) is 3.47. The second kappa shape index (κ2) is 4.19. The lowest BCUT2D eigenvalue weighted by Gasteiger charge is -2.25. The minimum Gasteiger partial charge on any atom is -0.315 e. The molecular formula is C9H19FN2. The fourth-order valence-corrected chi connectivity index (χ4v) is 1.59. The molecule has 1 aliphatic rings. The van der Waals surface area contributed by atoms with Crippen molar-refractivity contribution in [3.8, 4) is 0 Å². The summed E-state index contributed by atoms with van der Waals surface area (Å²) in [5.74, 6) is 0. The van der Waals surface area contributed by atoms with E-state index in [1.54, 1.807) is 13.8 Å². The van der Waals surface area contributed by atoms with Crippen LogP contribution in [0.2, 0.25) is 0 Å². The third-order valence-corrected chi connectivity index (χ3v) is 2.03. The number of halogens is 1. The highest BCUT2D eigenvalue weighted by molar-refractivity contribution is 4.75. The highest BCUT2D eigenvalue weighted by Crippen LogP contribution is 2.11. The normalized spacial score (nSPS) is 22.2. The van der Waals surface area contributed by atoms with Crippen LogP contribution in [0.4, 0.5) is 4.39 Å². The third kappa shape index (κ3) is 4.02. The molecule has 0 aromatic heterocycles. The van der Waals surface area contributed by atoms with E-state index in [2.05, 4.69) is 10.2 Å². The van der Waals surface area contributed by atoms with Gasteiger partial charge in [0.15, 0.2) is 0 Å². The Balaban J connectivity index is 2.30. The molecule has 12 heavy (non-hydrogen) atoms. The van der Waals surface area contributed by atoms with Crippen LogP contribution in [0.5, 0.6) is 0 Å². The molecule has 3 heteroatoms. The summed E-state index contributed by atoms with van der Waals surface area (Å²) >= 11 is 0. The van der Waals surface area contributed by atoms with Gasteiger partial charge in [0.25, 0.3) is 0 Å². The van der Waals surface area contributed by atoms with Gasteiger partial charge in [-0.15, -0.1) is 0 Å². The van der Waals surface area contributed by atoms with Crippen molar-refractivity contribution in [2.24, 2.45) is 0 Å². The molecule has 72 valence electrons. The monoisotopic (exact) mass is 174 g/mol. The van der Waals surface area contributed by atoms with Gasteiger partial charge in [0.1, 0.15) is 5.67 Å². The van der Waals surface area contributed by atoms with Crippen molar-refractivity contribution in [1.29, 1.82) is 0 Å². The summed E-state index contributed by atoms with van der Waals surface area (Å²) in [6.07, 6.45) is 1.14. The van der Waals surface area contributed by atoms with Gasteiger partial charge in [-0.05, 0) is 33.4 Å². The zero-order valence-electron chi connectivity index (χ0n) is 8.07. The lowest BCUT2D eigenvalue weighted by molar-refractivity contribution is 0.130. The van der Waals surface area contributed by atoms with Gasteiger partial charge in [0, 0.05) is 19.6 Å². The standard InChI is InChI=1S/C9H19FN2/c1-9(2,10)8-12-6-3-4-11-5-7-12/h11H,3-8H2,1-2H3. The first-order chi connectivity index (χ1) is 5.58. The highest BCUT2D eigenvalue weighted by Gasteiger charge is 2.20. The first-order valence-electron chi connectivity index (χ1n) is 4.70. The average molecular weight is 174 g/mol. The molecule has 0 aliphatic carbocycles. The van der Waals surface area contributed by atoms with Gasteiger partial charge in [-0.3, -0.25) is 4.90 Å². The van der Waals surface area contributed by atoms with Crippen LogP contribution in [-0.2, 0) is 0 Å². The van der Waals surface area contributed by atoms with E-state index in [1.807, 2.05) is 0 Å². The molecule has 1 heterocycles. The smallest absolute Gasteiger partial charge is 0.118 e. The van der Waals surface area contributed by atoms with Crippen LogP contribution in [0.25, 0.3) is 0 Å². The fraction of sp³-hybridized carbons (Fsp3) is 1.00. The largest absolute Gasteiger partial charge is 0.315 e. The van der Waals surface area contributed by atoms with Crippen molar-refractivity contribution in [2.45, 2.75) is 25.9 Å². The van der Waals surface area contributed by atoms with Gasteiger partial charge in [-0.2, -0.15) is 0 Å². The Morgan fingerprint density at radius 2 is 2.08 bits per heavy atom. The number of nitrogens with one attached hydrogen (secondary N) is 1. The number of hydrogen-bond donors (Lipinski definition) is 1. The molecule has 1 N–H and O–H groups in total. The van der Waals surface area contributed by atoms with Gasteiger partial charge in [0.05, 0.1) is 0 Å². The Morgan fingerprint density at radius 1 is 1.33 bits per heavy atom. The number of hydrogen-bond acceptors (Lipinski definition) is 2. The molecule has 0 atom stereocenters. The van der Waals surface area contributed by atoms with Crippen LogP contribution < -0.4 is 5.32 Å². The Bertz CT molecular complexity index is 123. The maximum Gasteiger partial charge on any atom is 0.118 e. The molecule has 0 aromatic carbocycles. The summed E-state index contributed by atoms with van der Waals surface area (Å²) in [5, 5.41) is 3.30. The molecule has 0 bridgehead atoms. The highest BCUT2D eigenvalue weighted by atomic mass is 19.1. The first kappa shape index (κ1) is 9.93. The summed E-state index contributed by atoms with van der Waals surface area (Å²) in [7, 11) is 0. The van der Waals surface area contributed by atoms with E-state index in [4.69, 9.17) is 0 Å². The van der Waals surface area contributed by atoms with Gasteiger partial charge in [-0.25, -0.2) is 4.39 Å². The molecule has 0 unspecified atom stereocenters. The van der Waals surface area contributed by atoms with E-state index in [0.717, 1.165) is 32.6 Å². The number of rotatable bonds is 2. The molecule has 2 nitrogen and oxygen atoms in total. The van der Waals surface area contributed by atoms with E-state index >= 15 is 0 Å². The first-order valence-corrected chi connectivity index (χ1v) is 4.70. The quantitative estimate of drug-likeness (QED) is 0.672. The Labute approximate surface area is 74.1 Å². The van der Waals surface area contributed by atoms with Gasteiger partial charge >= 0.3 is 0 Å². The molecular weight excluding hydrogens is 155 g/mol. The second-order valence-electron chi connectivity index (χ2n) is 4.10. The van der Waals surface area contributed by atoms with E-state index < -0.39 is 5.67 Å². The maximum atomic E-state index is 13.2. The van der Waals surface area contributed by atoms with E-state index in [-0.39, 0.29) is 0 Å². The van der Waals surface area contributed by atoms with Crippen LogP contribution in [0.3, 0.4) is 0 Å². The second-order valence-corrected chi connectivity index (χ2v) is 4.10. The van der Waals surface area contributed by atoms with Crippen molar-refractivity contribution >= 4 is 0 Å². The van der Waals surface area contributed by atoms with Crippen LogP contribution >= 0.6 is 0 Å². The van der Waals surface area contributed by atoms with Crippen molar-refractivity contribution < 1.29 is 4.39 Å². The Hall–Kier alpha value is -0.150. The molecule has 0 spiro atoms. The lowest BCUT2D eigenvalue weighted by atomic mass is 10.1. The minimum absolute atomic E-state index is 0.564. The average Bonchev–Trinajstić information content (AvgIpc) is 2.12. The molecule has 0 amide bonds. The van der Waals surface area contributed by atoms with E-state index in [0.29, 0.717) is 6.54 Å². The van der Waals surface area contributed by atoms with Crippen LogP contribution in [-0.4, -0.2) is 43.3 Å². The van der Waals surface area contributed by atoms with Gasteiger partial charge in [0.2, 0.25) is 0 Å². The summed E-state index contributed by atoms with van der Waals surface area (Å²) < 4.78 is 13.2. The third-order valence-electron chi connectivity index (χ3n) is 2.03. The zero-order valence-corrected chi connectivity index (χ0v) is 8.07. The Morgan fingerprint density at radius 3 is 2.75 bits per heavy atom. The molecule has 0 saturated carbocycles. The number of alkyl halides is 1. The SMILES string of the molecule is CC(C)(F)CN1CCCNCC1. The van der Waals surface area contributed by atoms with Crippen molar-refractivity contribution in [3.63, 3.8) is 0 Å². The summed E-state index contributed by atoms with van der Waals surface area (Å²) in [6.45, 7) is 7.93. The minimum atomic E-state index is -1.05. The van der Waals surface area contributed by atoms with Crippen molar-refractivity contribution in [1.82, 2.24) is 10.2 Å². The van der Waals surface area contributed by atoms with E-state index in [9.17, 15) is 4.39 Å². The lowest BCUT2D eigenvalue weighted by Crippen LogP contribution is -2.37.